The molecule has 0 unspecified atom stereocenters. The average molecular weight is 235 g/mol. The van der Waals surface area contributed by atoms with Gasteiger partial charge in [0.25, 0.3) is 0 Å². The van der Waals surface area contributed by atoms with Crippen molar-refractivity contribution in [3.63, 3.8) is 0 Å². The van der Waals surface area contributed by atoms with Gasteiger partial charge in [0.15, 0.2) is 0 Å². The van der Waals surface area contributed by atoms with Gasteiger partial charge in [-0.1, -0.05) is 0 Å². The maximum Gasteiger partial charge on any atom is 0.224 e. The maximum atomic E-state index is 11.7. The molecule has 17 heavy (non-hydrogen) atoms. The Morgan fingerprint density at radius 3 is 2.94 bits per heavy atom. The lowest BCUT2D eigenvalue weighted by atomic mass is 10.3. The van der Waals surface area contributed by atoms with Crippen LogP contribution in [0.1, 0.15) is 19.3 Å². The number of hydrogen-bond acceptors (Lipinski definition) is 5. The van der Waals surface area contributed by atoms with E-state index in [0.717, 1.165) is 25.9 Å². The molecule has 0 atom stereocenters. The minimum atomic E-state index is 0.206. The van der Waals surface area contributed by atoms with E-state index in [1.54, 1.807) is 12.3 Å². The van der Waals surface area contributed by atoms with Crippen LogP contribution in [0.3, 0.4) is 0 Å². The third-order valence-corrected chi connectivity index (χ3v) is 2.78. The Morgan fingerprint density at radius 1 is 1.47 bits per heavy atom. The SMILES string of the molecule is Nc1nccc(NCCC(=O)N2CCCC2)n1. The van der Waals surface area contributed by atoms with Gasteiger partial charge in [-0.25, -0.2) is 4.98 Å². The first kappa shape index (κ1) is 11.6. The third kappa shape index (κ3) is 3.30. The normalized spacial score (nSPS) is 14.9. The van der Waals surface area contributed by atoms with Gasteiger partial charge in [0.05, 0.1) is 0 Å². The molecule has 1 fully saturated rings. The van der Waals surface area contributed by atoms with Crippen LogP contribution in [0.4, 0.5) is 11.8 Å². The second-order valence-corrected chi connectivity index (χ2v) is 4.06. The molecule has 92 valence electrons. The summed E-state index contributed by atoms with van der Waals surface area (Å²) in [5, 5.41) is 3.06. The lowest BCUT2D eigenvalue weighted by Crippen LogP contribution is -2.29. The Balaban J connectivity index is 1.73. The number of amides is 1. The number of anilines is 2. The summed E-state index contributed by atoms with van der Waals surface area (Å²) in [6, 6.07) is 1.73. The quantitative estimate of drug-likeness (QED) is 0.793. The summed E-state index contributed by atoms with van der Waals surface area (Å²) in [4.78, 5) is 21.4. The van der Waals surface area contributed by atoms with E-state index in [2.05, 4.69) is 15.3 Å². The Bertz CT molecular complexity index is 389. The molecule has 6 nitrogen and oxygen atoms in total. The van der Waals surface area contributed by atoms with Gasteiger partial charge in [-0.05, 0) is 18.9 Å². The summed E-state index contributed by atoms with van der Waals surface area (Å²) in [6.45, 7) is 2.38. The van der Waals surface area contributed by atoms with Crippen molar-refractivity contribution in [1.29, 1.82) is 0 Å². The van der Waals surface area contributed by atoms with Crippen LogP contribution >= 0.6 is 0 Å². The molecule has 1 saturated heterocycles. The zero-order valence-corrected chi connectivity index (χ0v) is 9.72. The molecule has 1 aromatic heterocycles. The standard InChI is InChI=1S/C11H17N5O/c12-11-14-5-3-9(15-11)13-6-4-10(17)16-7-1-2-8-16/h3,5H,1-2,4,6-8H2,(H3,12,13,14,15). The van der Waals surface area contributed by atoms with Gasteiger partial charge in [-0.15, -0.1) is 0 Å². The first-order chi connectivity index (χ1) is 8.25. The number of carbonyl (C=O) groups excluding carboxylic acids is 1. The number of likely N-dealkylation sites (tertiary alicyclic amines) is 1. The number of rotatable bonds is 4. The van der Waals surface area contributed by atoms with E-state index in [1.165, 1.54) is 0 Å². The van der Waals surface area contributed by atoms with Gasteiger partial charge in [0.1, 0.15) is 5.82 Å². The number of nitrogens with one attached hydrogen (secondary N) is 1. The second kappa shape index (κ2) is 5.47. The lowest BCUT2D eigenvalue weighted by molar-refractivity contribution is -0.129. The summed E-state index contributed by atoms with van der Waals surface area (Å²) >= 11 is 0. The van der Waals surface area contributed by atoms with Crippen molar-refractivity contribution in [2.45, 2.75) is 19.3 Å². The summed E-state index contributed by atoms with van der Waals surface area (Å²) in [5.41, 5.74) is 5.45. The molecule has 2 rings (SSSR count). The van der Waals surface area contributed by atoms with Gasteiger partial charge in [-0.2, -0.15) is 4.98 Å². The van der Waals surface area contributed by atoms with Crippen molar-refractivity contribution in [3.05, 3.63) is 12.3 Å². The summed E-state index contributed by atoms with van der Waals surface area (Å²) < 4.78 is 0. The number of nitrogens with two attached hydrogens (primary N) is 1. The first-order valence-electron chi connectivity index (χ1n) is 5.86. The molecule has 0 saturated carbocycles. The van der Waals surface area contributed by atoms with E-state index in [1.807, 2.05) is 4.90 Å². The fraction of sp³-hybridized carbons (Fsp3) is 0.545. The number of aromatic nitrogens is 2. The van der Waals surface area contributed by atoms with Crippen molar-refractivity contribution >= 4 is 17.7 Å². The predicted molar refractivity (Wildman–Crippen MR) is 65.4 cm³/mol. The van der Waals surface area contributed by atoms with Gasteiger partial charge >= 0.3 is 0 Å². The van der Waals surface area contributed by atoms with Gasteiger partial charge in [0.2, 0.25) is 11.9 Å². The van der Waals surface area contributed by atoms with Crippen LogP contribution in [0.15, 0.2) is 12.3 Å². The molecule has 6 heteroatoms. The highest BCUT2D eigenvalue weighted by Gasteiger charge is 2.16. The summed E-state index contributed by atoms with van der Waals surface area (Å²) in [7, 11) is 0. The van der Waals surface area contributed by atoms with Crippen LogP contribution in [0.5, 0.6) is 0 Å². The molecule has 0 aromatic carbocycles. The van der Waals surface area contributed by atoms with Crippen LogP contribution < -0.4 is 11.1 Å². The summed E-state index contributed by atoms with van der Waals surface area (Å²) in [5.74, 6) is 1.10. The molecule has 0 radical (unpaired) electrons. The van der Waals surface area contributed by atoms with Crippen molar-refractivity contribution in [3.8, 4) is 0 Å². The van der Waals surface area contributed by atoms with Crippen molar-refractivity contribution < 1.29 is 4.79 Å². The molecule has 1 aliphatic heterocycles. The third-order valence-electron chi connectivity index (χ3n) is 2.78. The number of carbonyl (C=O) groups is 1. The topological polar surface area (TPSA) is 84.1 Å². The Labute approximate surface area is 100 Å². The van der Waals surface area contributed by atoms with E-state index < -0.39 is 0 Å². The van der Waals surface area contributed by atoms with E-state index in [0.29, 0.717) is 18.8 Å². The number of hydrogen-bond donors (Lipinski definition) is 2. The Kier molecular flexibility index (Phi) is 3.74. The van der Waals surface area contributed by atoms with Crippen LogP contribution in [-0.2, 0) is 4.79 Å². The van der Waals surface area contributed by atoms with E-state index in [4.69, 9.17) is 5.73 Å². The highest BCUT2D eigenvalue weighted by atomic mass is 16.2. The number of nitrogens with zero attached hydrogens (tertiary/aromatic N) is 3. The monoisotopic (exact) mass is 235 g/mol. The molecule has 0 aliphatic carbocycles. The molecule has 3 N–H and O–H groups in total. The van der Waals surface area contributed by atoms with E-state index in [9.17, 15) is 4.79 Å². The van der Waals surface area contributed by atoms with Crippen LogP contribution in [0.2, 0.25) is 0 Å². The molecular formula is C11H17N5O. The fourth-order valence-electron chi connectivity index (χ4n) is 1.89. The largest absolute Gasteiger partial charge is 0.369 e. The van der Waals surface area contributed by atoms with Crippen molar-refractivity contribution in [2.24, 2.45) is 0 Å². The van der Waals surface area contributed by atoms with Gasteiger partial charge in [0, 0.05) is 32.3 Å². The zero-order chi connectivity index (χ0) is 12.1. The highest BCUT2D eigenvalue weighted by Crippen LogP contribution is 2.09. The Morgan fingerprint density at radius 2 is 2.24 bits per heavy atom. The molecule has 0 bridgehead atoms. The fourth-order valence-corrected chi connectivity index (χ4v) is 1.89. The average Bonchev–Trinajstić information content (AvgIpc) is 2.82. The van der Waals surface area contributed by atoms with Crippen LogP contribution in [0, 0.1) is 0 Å². The van der Waals surface area contributed by atoms with E-state index >= 15 is 0 Å². The molecule has 0 spiro atoms. The van der Waals surface area contributed by atoms with Gasteiger partial charge in [-0.3, -0.25) is 4.79 Å². The van der Waals surface area contributed by atoms with Crippen molar-refractivity contribution in [2.75, 3.05) is 30.7 Å². The maximum absolute atomic E-state index is 11.7. The minimum Gasteiger partial charge on any atom is -0.369 e. The number of nitrogen functional groups attached to an aromatic ring is 1. The zero-order valence-electron chi connectivity index (χ0n) is 9.72. The summed E-state index contributed by atoms with van der Waals surface area (Å²) in [6.07, 6.45) is 4.33. The van der Waals surface area contributed by atoms with Crippen molar-refractivity contribution in [1.82, 2.24) is 14.9 Å². The van der Waals surface area contributed by atoms with Gasteiger partial charge < -0.3 is 16.0 Å². The Hall–Kier alpha value is -1.85. The smallest absolute Gasteiger partial charge is 0.224 e. The molecular weight excluding hydrogens is 218 g/mol. The molecule has 2 heterocycles. The lowest BCUT2D eigenvalue weighted by Gasteiger charge is -2.15. The van der Waals surface area contributed by atoms with Crippen LogP contribution in [-0.4, -0.2) is 40.4 Å². The van der Waals surface area contributed by atoms with E-state index in [-0.39, 0.29) is 11.9 Å². The molecule has 1 aromatic rings. The van der Waals surface area contributed by atoms with Crippen LogP contribution in [0.25, 0.3) is 0 Å². The molecule has 1 aliphatic rings. The molecule has 1 amide bonds. The first-order valence-corrected chi connectivity index (χ1v) is 5.86. The second-order valence-electron chi connectivity index (χ2n) is 4.06. The minimum absolute atomic E-state index is 0.206. The predicted octanol–water partition coefficient (Wildman–Crippen LogP) is 0.483. The highest BCUT2D eigenvalue weighted by molar-refractivity contribution is 5.76.